The number of anilines is 1. The summed E-state index contributed by atoms with van der Waals surface area (Å²) < 4.78 is 11.3. The molecular weight excluding hydrogens is 392 g/mol. The third kappa shape index (κ3) is 6.89. The van der Waals surface area contributed by atoms with Crippen LogP contribution in [0, 0.1) is 0 Å². The largest absolute Gasteiger partial charge is 0.489 e. The zero-order chi connectivity index (χ0) is 21.9. The van der Waals surface area contributed by atoms with Gasteiger partial charge in [0.1, 0.15) is 18.1 Å². The minimum absolute atomic E-state index is 0.171. The maximum absolute atomic E-state index is 12.3. The number of para-hydroxylation sites is 1. The summed E-state index contributed by atoms with van der Waals surface area (Å²) >= 11 is 0. The molecule has 6 nitrogen and oxygen atoms in total. The summed E-state index contributed by atoms with van der Waals surface area (Å²) in [7, 11) is 0. The van der Waals surface area contributed by atoms with E-state index < -0.39 is 0 Å². The van der Waals surface area contributed by atoms with Crippen LogP contribution in [0.4, 0.5) is 5.69 Å². The van der Waals surface area contributed by atoms with E-state index in [9.17, 15) is 9.59 Å². The third-order valence-electron chi connectivity index (χ3n) is 4.42. The summed E-state index contributed by atoms with van der Waals surface area (Å²) in [5.41, 5.74) is 1.96. The van der Waals surface area contributed by atoms with E-state index in [0.29, 0.717) is 35.9 Å². The Hall–Kier alpha value is -3.80. The first-order chi connectivity index (χ1) is 15.2. The van der Waals surface area contributed by atoms with Crippen molar-refractivity contribution in [3.8, 4) is 11.5 Å². The van der Waals surface area contributed by atoms with Gasteiger partial charge in [-0.05, 0) is 48.4 Å². The Bertz CT molecular complexity index is 988. The molecule has 31 heavy (non-hydrogen) atoms. The fourth-order valence-electron chi connectivity index (χ4n) is 2.83. The van der Waals surface area contributed by atoms with E-state index in [-0.39, 0.29) is 18.4 Å². The Kier molecular flexibility index (Phi) is 8.05. The molecule has 160 valence electrons. The van der Waals surface area contributed by atoms with Crippen LogP contribution in [0.3, 0.4) is 0 Å². The molecule has 0 bridgehead atoms. The van der Waals surface area contributed by atoms with Crippen LogP contribution in [-0.2, 0) is 11.4 Å². The van der Waals surface area contributed by atoms with Crippen LogP contribution in [0.2, 0.25) is 0 Å². The molecule has 0 saturated heterocycles. The van der Waals surface area contributed by atoms with E-state index in [1.807, 2.05) is 37.3 Å². The Morgan fingerprint density at radius 2 is 1.45 bits per heavy atom. The smallest absolute Gasteiger partial charge is 0.262 e. The van der Waals surface area contributed by atoms with Gasteiger partial charge < -0.3 is 20.1 Å². The fraction of sp³-hybridized carbons (Fsp3) is 0.200. The van der Waals surface area contributed by atoms with Crippen molar-refractivity contribution in [2.75, 3.05) is 18.5 Å². The maximum atomic E-state index is 12.3. The highest BCUT2D eigenvalue weighted by Crippen LogP contribution is 2.19. The van der Waals surface area contributed by atoms with Crippen LogP contribution in [0.15, 0.2) is 78.9 Å². The summed E-state index contributed by atoms with van der Waals surface area (Å²) in [5.74, 6) is 0.703. The second-order valence-electron chi connectivity index (χ2n) is 6.88. The van der Waals surface area contributed by atoms with E-state index >= 15 is 0 Å². The second kappa shape index (κ2) is 11.4. The molecule has 0 heterocycles. The van der Waals surface area contributed by atoms with Gasteiger partial charge in [0.05, 0.1) is 11.3 Å². The number of ether oxygens (including phenoxy) is 2. The zero-order valence-corrected chi connectivity index (χ0v) is 17.5. The highest BCUT2D eigenvalue weighted by Gasteiger charge is 2.13. The van der Waals surface area contributed by atoms with Gasteiger partial charge in [0.2, 0.25) is 0 Å². The molecule has 3 rings (SSSR count). The topological polar surface area (TPSA) is 76.7 Å². The molecule has 0 unspecified atom stereocenters. The molecule has 3 aromatic carbocycles. The molecule has 0 aliphatic carbocycles. The summed E-state index contributed by atoms with van der Waals surface area (Å²) in [5, 5.41) is 5.55. The van der Waals surface area contributed by atoms with Gasteiger partial charge in [-0.25, -0.2) is 0 Å². The first kappa shape index (κ1) is 21.9. The van der Waals surface area contributed by atoms with Gasteiger partial charge >= 0.3 is 0 Å². The fourth-order valence-corrected chi connectivity index (χ4v) is 2.83. The zero-order valence-electron chi connectivity index (χ0n) is 17.5. The van der Waals surface area contributed by atoms with Crippen molar-refractivity contribution in [3.05, 3.63) is 90.0 Å². The number of amides is 2. The molecule has 0 radical (unpaired) electrons. The predicted octanol–water partition coefficient (Wildman–Crippen LogP) is 4.42. The highest BCUT2D eigenvalue weighted by molar-refractivity contribution is 6.04. The number of rotatable bonds is 10. The van der Waals surface area contributed by atoms with Gasteiger partial charge in [0.25, 0.3) is 11.8 Å². The van der Waals surface area contributed by atoms with Crippen LogP contribution in [-0.4, -0.2) is 25.0 Å². The average molecular weight is 418 g/mol. The van der Waals surface area contributed by atoms with Gasteiger partial charge in [0.15, 0.2) is 6.61 Å². The minimum Gasteiger partial charge on any atom is -0.489 e. The lowest BCUT2D eigenvalue weighted by atomic mass is 10.1. The van der Waals surface area contributed by atoms with Crippen LogP contribution < -0.4 is 20.1 Å². The van der Waals surface area contributed by atoms with Gasteiger partial charge in [0, 0.05) is 6.54 Å². The number of hydrogen-bond acceptors (Lipinski definition) is 4. The molecule has 0 fully saturated rings. The number of nitrogens with one attached hydrogen (secondary N) is 2. The Labute approximate surface area is 182 Å². The van der Waals surface area contributed by atoms with E-state index in [1.165, 1.54) is 0 Å². The van der Waals surface area contributed by atoms with Crippen molar-refractivity contribution < 1.29 is 19.1 Å². The first-order valence-corrected chi connectivity index (χ1v) is 10.2. The molecule has 0 aliphatic rings. The lowest BCUT2D eigenvalue weighted by Gasteiger charge is -2.12. The van der Waals surface area contributed by atoms with Crippen LogP contribution >= 0.6 is 0 Å². The quantitative estimate of drug-likeness (QED) is 0.511. The predicted molar refractivity (Wildman–Crippen MR) is 120 cm³/mol. The standard InChI is InChI=1S/C25H26N2O4/c1-2-16-26-25(29)22-10-6-7-11-23(22)27-24(28)18-31-21-14-12-20(13-15-21)30-17-19-8-4-3-5-9-19/h3-15H,2,16-18H2,1H3,(H,26,29)(H,27,28). The maximum Gasteiger partial charge on any atom is 0.262 e. The molecule has 2 N–H and O–H groups in total. The van der Waals surface area contributed by atoms with Gasteiger partial charge in [-0.15, -0.1) is 0 Å². The number of carbonyl (C=O) groups excluding carboxylic acids is 2. The number of benzene rings is 3. The molecule has 6 heteroatoms. The van der Waals surface area contributed by atoms with Crippen LogP contribution in [0.5, 0.6) is 11.5 Å². The molecule has 0 atom stereocenters. The summed E-state index contributed by atoms with van der Waals surface area (Å²) in [6, 6.07) is 23.9. The lowest BCUT2D eigenvalue weighted by Crippen LogP contribution is -2.27. The summed E-state index contributed by atoms with van der Waals surface area (Å²) in [4.78, 5) is 24.6. The molecule has 2 amide bonds. The van der Waals surface area contributed by atoms with Gasteiger partial charge in [-0.3, -0.25) is 9.59 Å². The minimum atomic E-state index is -0.347. The lowest BCUT2D eigenvalue weighted by molar-refractivity contribution is -0.118. The van der Waals surface area contributed by atoms with E-state index in [1.54, 1.807) is 48.5 Å². The van der Waals surface area contributed by atoms with E-state index in [0.717, 1.165) is 12.0 Å². The van der Waals surface area contributed by atoms with Crippen molar-refractivity contribution in [2.45, 2.75) is 20.0 Å². The van der Waals surface area contributed by atoms with Crippen molar-refractivity contribution in [2.24, 2.45) is 0 Å². The van der Waals surface area contributed by atoms with Crippen molar-refractivity contribution in [3.63, 3.8) is 0 Å². The number of carbonyl (C=O) groups is 2. The Morgan fingerprint density at radius 1 is 0.806 bits per heavy atom. The van der Waals surface area contributed by atoms with E-state index in [2.05, 4.69) is 10.6 Å². The SMILES string of the molecule is CCCNC(=O)c1ccccc1NC(=O)COc1ccc(OCc2ccccc2)cc1. The van der Waals surface area contributed by atoms with Crippen molar-refractivity contribution >= 4 is 17.5 Å². The third-order valence-corrected chi connectivity index (χ3v) is 4.42. The normalized spacial score (nSPS) is 10.2. The van der Waals surface area contributed by atoms with Gasteiger partial charge in [-0.1, -0.05) is 49.4 Å². The summed E-state index contributed by atoms with van der Waals surface area (Å²) in [6.45, 7) is 2.87. The van der Waals surface area contributed by atoms with E-state index in [4.69, 9.17) is 9.47 Å². The first-order valence-electron chi connectivity index (χ1n) is 10.2. The molecular formula is C25H26N2O4. The Morgan fingerprint density at radius 3 is 2.16 bits per heavy atom. The average Bonchev–Trinajstić information content (AvgIpc) is 2.81. The highest BCUT2D eigenvalue weighted by atomic mass is 16.5. The number of hydrogen-bond donors (Lipinski definition) is 2. The molecule has 0 aromatic heterocycles. The van der Waals surface area contributed by atoms with Crippen molar-refractivity contribution in [1.82, 2.24) is 5.32 Å². The molecule has 0 aliphatic heterocycles. The monoisotopic (exact) mass is 418 g/mol. The molecule has 0 saturated carbocycles. The van der Waals surface area contributed by atoms with Gasteiger partial charge in [-0.2, -0.15) is 0 Å². The second-order valence-corrected chi connectivity index (χ2v) is 6.88. The van der Waals surface area contributed by atoms with Crippen LogP contribution in [0.1, 0.15) is 29.3 Å². The van der Waals surface area contributed by atoms with Crippen molar-refractivity contribution in [1.29, 1.82) is 0 Å². The molecule has 3 aromatic rings. The van der Waals surface area contributed by atoms with Crippen LogP contribution in [0.25, 0.3) is 0 Å². The molecule has 0 spiro atoms. The summed E-state index contributed by atoms with van der Waals surface area (Å²) in [6.07, 6.45) is 0.837. The Balaban J connectivity index is 1.49.